The predicted octanol–water partition coefficient (Wildman–Crippen LogP) is 2.93. The van der Waals surface area contributed by atoms with Gasteiger partial charge >= 0.3 is 0 Å². The first-order valence-electron chi connectivity index (χ1n) is 6.60. The van der Waals surface area contributed by atoms with Crippen molar-refractivity contribution in [2.75, 3.05) is 18.1 Å². The van der Waals surface area contributed by atoms with Crippen molar-refractivity contribution in [2.24, 2.45) is 0 Å². The molecule has 108 valence electrons. The van der Waals surface area contributed by atoms with Crippen molar-refractivity contribution in [1.29, 1.82) is 0 Å². The number of rotatable bonds is 2. The summed E-state index contributed by atoms with van der Waals surface area (Å²) >= 11 is 0. The second kappa shape index (κ2) is 5.52. The Morgan fingerprint density at radius 2 is 1.81 bits per heavy atom. The molecule has 0 saturated carbocycles. The normalized spacial score (nSPS) is 13.5. The van der Waals surface area contributed by atoms with Crippen molar-refractivity contribution in [3.63, 3.8) is 0 Å². The number of carbonyl (C=O) groups is 1. The molecule has 1 aliphatic heterocycles. The average molecular weight is 289 g/mol. The second-order valence-electron chi connectivity index (χ2n) is 4.81. The number of anilines is 1. The fraction of sp³-hybridized carbons (Fsp3) is 0.188. The van der Waals surface area contributed by atoms with E-state index < -0.39 is 5.82 Å². The van der Waals surface area contributed by atoms with E-state index in [9.17, 15) is 13.6 Å². The highest BCUT2D eigenvalue weighted by Gasteiger charge is 2.24. The van der Waals surface area contributed by atoms with Gasteiger partial charge in [0.1, 0.15) is 24.0 Å². The molecule has 0 aromatic heterocycles. The molecule has 1 aliphatic rings. The van der Waals surface area contributed by atoms with Gasteiger partial charge in [-0.1, -0.05) is 12.1 Å². The number of fused-ring (bicyclic) bond motifs is 1. The molecule has 0 spiro atoms. The lowest BCUT2D eigenvalue weighted by molar-refractivity contribution is -0.118. The highest BCUT2D eigenvalue weighted by Crippen LogP contribution is 2.32. The second-order valence-corrected chi connectivity index (χ2v) is 4.81. The summed E-state index contributed by atoms with van der Waals surface area (Å²) in [5.41, 5.74) is 1.15. The van der Waals surface area contributed by atoms with E-state index >= 15 is 0 Å². The van der Waals surface area contributed by atoms with E-state index in [1.165, 1.54) is 35.2 Å². The zero-order chi connectivity index (χ0) is 14.8. The molecule has 0 saturated heterocycles. The summed E-state index contributed by atoms with van der Waals surface area (Å²) in [5.74, 6) is -0.435. The molecule has 2 aromatic rings. The van der Waals surface area contributed by atoms with Gasteiger partial charge in [-0.15, -0.1) is 0 Å². The molecule has 2 aromatic carbocycles. The Balaban J connectivity index is 1.83. The van der Waals surface area contributed by atoms with Crippen LogP contribution in [0.25, 0.3) is 0 Å². The summed E-state index contributed by atoms with van der Waals surface area (Å²) in [5, 5.41) is 0. The lowest BCUT2D eigenvalue weighted by atomic mass is 10.1. The Kier molecular flexibility index (Phi) is 3.56. The Hall–Kier alpha value is -2.43. The van der Waals surface area contributed by atoms with Gasteiger partial charge in [-0.05, 0) is 29.8 Å². The van der Waals surface area contributed by atoms with Crippen LogP contribution in [-0.2, 0) is 11.2 Å². The number of benzene rings is 2. The van der Waals surface area contributed by atoms with Crippen LogP contribution in [0, 0.1) is 11.6 Å². The van der Waals surface area contributed by atoms with Gasteiger partial charge in [0.25, 0.3) is 0 Å². The minimum absolute atomic E-state index is 0.135. The number of nitrogens with zero attached hydrogens (tertiary/aromatic N) is 1. The van der Waals surface area contributed by atoms with Crippen molar-refractivity contribution in [1.82, 2.24) is 0 Å². The number of hydrogen-bond donors (Lipinski definition) is 0. The third-order valence-electron chi connectivity index (χ3n) is 3.35. The standard InChI is InChI=1S/C16H13F2NO2/c17-12-3-1-11(2-4-12)9-16(20)19-7-8-21-15-6-5-13(18)10-14(15)19/h1-6,10H,7-9H2. The third-order valence-corrected chi connectivity index (χ3v) is 3.35. The molecule has 0 radical (unpaired) electrons. The minimum Gasteiger partial charge on any atom is -0.490 e. The molecular formula is C16H13F2NO2. The molecule has 0 aliphatic carbocycles. The van der Waals surface area contributed by atoms with Crippen LogP contribution in [0.4, 0.5) is 14.5 Å². The van der Waals surface area contributed by atoms with Crippen molar-refractivity contribution >= 4 is 11.6 Å². The monoisotopic (exact) mass is 289 g/mol. The van der Waals surface area contributed by atoms with Gasteiger partial charge in [0.05, 0.1) is 18.7 Å². The molecular weight excluding hydrogens is 276 g/mol. The van der Waals surface area contributed by atoms with Gasteiger partial charge in [-0.25, -0.2) is 8.78 Å². The first kappa shape index (κ1) is 13.5. The summed E-state index contributed by atoms with van der Waals surface area (Å²) in [7, 11) is 0. The van der Waals surface area contributed by atoms with Crippen LogP contribution in [0.1, 0.15) is 5.56 Å². The molecule has 3 nitrogen and oxygen atoms in total. The highest BCUT2D eigenvalue weighted by atomic mass is 19.1. The maximum absolute atomic E-state index is 13.4. The van der Waals surface area contributed by atoms with Gasteiger partial charge in [0.15, 0.2) is 0 Å². The van der Waals surface area contributed by atoms with Crippen LogP contribution >= 0.6 is 0 Å². The summed E-state index contributed by atoms with van der Waals surface area (Å²) in [4.78, 5) is 13.9. The van der Waals surface area contributed by atoms with Crippen LogP contribution in [-0.4, -0.2) is 19.1 Å². The maximum atomic E-state index is 13.4. The van der Waals surface area contributed by atoms with Crippen molar-refractivity contribution in [3.8, 4) is 5.75 Å². The molecule has 21 heavy (non-hydrogen) atoms. The molecule has 0 fully saturated rings. The van der Waals surface area contributed by atoms with Gasteiger partial charge in [-0.3, -0.25) is 4.79 Å². The molecule has 0 bridgehead atoms. The minimum atomic E-state index is -0.418. The van der Waals surface area contributed by atoms with E-state index in [2.05, 4.69) is 0 Å². The maximum Gasteiger partial charge on any atom is 0.231 e. The van der Waals surface area contributed by atoms with E-state index in [4.69, 9.17) is 4.74 Å². The third kappa shape index (κ3) is 2.86. The van der Waals surface area contributed by atoms with E-state index in [-0.39, 0.29) is 18.1 Å². The van der Waals surface area contributed by atoms with Crippen LogP contribution in [0.2, 0.25) is 0 Å². The van der Waals surface area contributed by atoms with Gasteiger partial charge in [0.2, 0.25) is 5.91 Å². The van der Waals surface area contributed by atoms with Gasteiger partial charge in [0, 0.05) is 6.07 Å². The van der Waals surface area contributed by atoms with Crippen LogP contribution < -0.4 is 9.64 Å². The summed E-state index contributed by atoms with van der Waals surface area (Å²) in [6, 6.07) is 9.87. The fourth-order valence-corrected chi connectivity index (χ4v) is 2.32. The zero-order valence-corrected chi connectivity index (χ0v) is 11.2. The quantitative estimate of drug-likeness (QED) is 0.850. The Bertz CT molecular complexity index is 670. The van der Waals surface area contributed by atoms with Gasteiger partial charge < -0.3 is 9.64 Å². The average Bonchev–Trinajstić information content (AvgIpc) is 2.49. The van der Waals surface area contributed by atoms with Crippen molar-refractivity contribution in [2.45, 2.75) is 6.42 Å². The first-order chi connectivity index (χ1) is 10.1. The number of ether oxygens (including phenoxy) is 1. The Labute approximate surface area is 120 Å². The van der Waals surface area contributed by atoms with Crippen LogP contribution in [0.5, 0.6) is 5.75 Å². The lowest BCUT2D eigenvalue weighted by Crippen LogP contribution is -2.38. The summed E-state index contributed by atoms with van der Waals surface area (Å²) < 4.78 is 31.6. The fourth-order valence-electron chi connectivity index (χ4n) is 2.32. The number of amides is 1. The lowest BCUT2D eigenvalue weighted by Gasteiger charge is -2.29. The molecule has 1 heterocycles. The Morgan fingerprint density at radius 1 is 1.10 bits per heavy atom. The molecule has 5 heteroatoms. The summed E-state index contributed by atoms with van der Waals surface area (Å²) in [6.45, 7) is 0.740. The largest absolute Gasteiger partial charge is 0.490 e. The van der Waals surface area contributed by atoms with Crippen molar-refractivity contribution < 1.29 is 18.3 Å². The van der Waals surface area contributed by atoms with E-state index in [0.29, 0.717) is 30.2 Å². The number of halogens is 2. The molecule has 0 unspecified atom stereocenters. The van der Waals surface area contributed by atoms with E-state index in [0.717, 1.165) is 0 Å². The highest BCUT2D eigenvalue weighted by molar-refractivity contribution is 5.96. The topological polar surface area (TPSA) is 29.5 Å². The molecule has 0 N–H and O–H groups in total. The number of hydrogen-bond acceptors (Lipinski definition) is 2. The van der Waals surface area contributed by atoms with Crippen LogP contribution in [0.3, 0.4) is 0 Å². The first-order valence-corrected chi connectivity index (χ1v) is 6.60. The smallest absolute Gasteiger partial charge is 0.231 e. The van der Waals surface area contributed by atoms with E-state index in [1.54, 1.807) is 12.1 Å². The predicted molar refractivity (Wildman–Crippen MR) is 74.4 cm³/mol. The molecule has 0 atom stereocenters. The zero-order valence-electron chi connectivity index (χ0n) is 11.2. The van der Waals surface area contributed by atoms with Crippen molar-refractivity contribution in [3.05, 3.63) is 59.7 Å². The molecule has 3 rings (SSSR count). The van der Waals surface area contributed by atoms with E-state index in [1.807, 2.05) is 0 Å². The molecule has 1 amide bonds. The SMILES string of the molecule is O=C(Cc1ccc(F)cc1)N1CCOc2ccc(F)cc21. The van der Waals surface area contributed by atoms with Crippen LogP contribution in [0.15, 0.2) is 42.5 Å². The van der Waals surface area contributed by atoms with Gasteiger partial charge in [-0.2, -0.15) is 0 Å². The number of carbonyl (C=O) groups excluding carboxylic acids is 1. The summed E-state index contributed by atoms with van der Waals surface area (Å²) in [6.07, 6.45) is 0.135. The Morgan fingerprint density at radius 3 is 2.57 bits per heavy atom.